The zero-order valence-corrected chi connectivity index (χ0v) is 7.84. The molecule has 0 aliphatic heterocycles. The summed E-state index contributed by atoms with van der Waals surface area (Å²) in [6.07, 6.45) is 5.07. The normalized spacial score (nSPS) is 13.8. The lowest BCUT2D eigenvalue weighted by atomic mass is 10.5. The third-order valence-corrected chi connectivity index (χ3v) is 1.61. The number of hydrogen-bond acceptors (Lipinski definition) is 3. The summed E-state index contributed by atoms with van der Waals surface area (Å²) in [6, 6.07) is 1.85. The van der Waals surface area contributed by atoms with Crippen molar-refractivity contribution < 1.29 is 4.74 Å². The highest BCUT2D eigenvalue weighted by atomic mass is 16.5. The Morgan fingerprint density at radius 1 is 1.77 bits per heavy atom. The highest BCUT2D eigenvalue weighted by Crippen LogP contribution is 2.05. The van der Waals surface area contributed by atoms with E-state index in [1.165, 1.54) is 0 Å². The monoisotopic (exact) mass is 179 g/mol. The van der Waals surface area contributed by atoms with Crippen LogP contribution in [0.2, 0.25) is 0 Å². The molecular formula is C9H13N3O. The van der Waals surface area contributed by atoms with Gasteiger partial charge in [0.1, 0.15) is 6.17 Å². The van der Waals surface area contributed by atoms with E-state index in [-0.39, 0.29) is 6.17 Å². The van der Waals surface area contributed by atoms with Crippen molar-refractivity contribution >= 4 is 5.90 Å². The molecule has 1 aromatic heterocycles. The number of nitrogens with zero attached hydrogens (tertiary/aromatic N) is 3. The zero-order chi connectivity index (χ0) is 9.68. The number of hydrogen-bond donors (Lipinski definition) is 0. The van der Waals surface area contributed by atoms with E-state index in [0.717, 1.165) is 0 Å². The van der Waals surface area contributed by atoms with Crippen LogP contribution in [0.1, 0.15) is 13.1 Å². The molecule has 0 bridgehead atoms. The summed E-state index contributed by atoms with van der Waals surface area (Å²) < 4.78 is 6.70. The molecule has 4 heteroatoms. The molecule has 0 saturated carbocycles. The fraction of sp³-hybridized carbons (Fsp3) is 0.333. The first-order valence-electron chi connectivity index (χ1n) is 4.01. The standard InChI is InChI=1S/C9H13N3O/c1-4-9(13-3)11-8(2)12-7-5-6-10-12/h4-8H,1H2,2-3H3/b11-9+. The predicted molar refractivity (Wildman–Crippen MR) is 51.6 cm³/mol. The number of ether oxygens (including phenoxy) is 1. The van der Waals surface area contributed by atoms with Gasteiger partial charge in [0.25, 0.3) is 0 Å². The molecule has 0 saturated heterocycles. The average molecular weight is 179 g/mol. The van der Waals surface area contributed by atoms with Gasteiger partial charge in [-0.3, -0.25) is 0 Å². The quantitative estimate of drug-likeness (QED) is 0.522. The summed E-state index contributed by atoms with van der Waals surface area (Å²) in [5.41, 5.74) is 0. The fourth-order valence-corrected chi connectivity index (χ4v) is 0.934. The second-order valence-corrected chi connectivity index (χ2v) is 2.49. The predicted octanol–water partition coefficient (Wildman–Crippen LogP) is 1.63. The minimum atomic E-state index is -0.0667. The van der Waals surface area contributed by atoms with Crippen LogP contribution < -0.4 is 0 Å². The van der Waals surface area contributed by atoms with Gasteiger partial charge in [0, 0.05) is 12.4 Å². The molecule has 0 N–H and O–H groups in total. The van der Waals surface area contributed by atoms with Crippen molar-refractivity contribution in [2.24, 2.45) is 4.99 Å². The number of aromatic nitrogens is 2. The Morgan fingerprint density at radius 3 is 3.00 bits per heavy atom. The molecule has 1 aromatic rings. The lowest BCUT2D eigenvalue weighted by molar-refractivity contribution is 0.392. The van der Waals surface area contributed by atoms with Gasteiger partial charge in [0.15, 0.2) is 0 Å². The maximum atomic E-state index is 4.96. The van der Waals surface area contributed by atoms with E-state index in [0.29, 0.717) is 5.90 Å². The van der Waals surface area contributed by atoms with E-state index in [1.807, 2.05) is 19.2 Å². The largest absolute Gasteiger partial charge is 0.481 e. The molecule has 0 aliphatic carbocycles. The van der Waals surface area contributed by atoms with E-state index in [2.05, 4.69) is 16.7 Å². The van der Waals surface area contributed by atoms with E-state index < -0.39 is 0 Å². The molecule has 1 heterocycles. The second kappa shape index (κ2) is 4.45. The van der Waals surface area contributed by atoms with Gasteiger partial charge in [-0.1, -0.05) is 6.58 Å². The molecule has 13 heavy (non-hydrogen) atoms. The molecule has 0 radical (unpaired) electrons. The summed E-state index contributed by atoms with van der Waals surface area (Å²) in [5, 5.41) is 4.06. The first kappa shape index (κ1) is 9.51. The van der Waals surface area contributed by atoms with E-state index in [9.17, 15) is 0 Å². The van der Waals surface area contributed by atoms with E-state index in [1.54, 1.807) is 24.1 Å². The van der Waals surface area contributed by atoms with Gasteiger partial charge >= 0.3 is 0 Å². The van der Waals surface area contributed by atoms with Crippen LogP contribution in [0.3, 0.4) is 0 Å². The number of rotatable bonds is 3. The van der Waals surface area contributed by atoms with Crippen molar-refractivity contribution in [1.29, 1.82) is 0 Å². The Labute approximate surface area is 77.5 Å². The Hall–Kier alpha value is -1.58. The molecule has 1 rings (SSSR count). The van der Waals surface area contributed by atoms with Gasteiger partial charge in [-0.15, -0.1) is 0 Å². The highest BCUT2D eigenvalue weighted by Gasteiger charge is 2.02. The van der Waals surface area contributed by atoms with Crippen molar-refractivity contribution in [1.82, 2.24) is 9.78 Å². The Bertz CT molecular complexity index is 290. The highest BCUT2D eigenvalue weighted by molar-refractivity contribution is 5.86. The number of methoxy groups -OCH3 is 1. The van der Waals surface area contributed by atoms with Crippen LogP contribution in [-0.4, -0.2) is 22.8 Å². The van der Waals surface area contributed by atoms with Gasteiger partial charge in [-0.2, -0.15) is 5.10 Å². The third-order valence-electron chi connectivity index (χ3n) is 1.61. The Kier molecular flexibility index (Phi) is 3.25. The van der Waals surface area contributed by atoms with E-state index in [4.69, 9.17) is 4.74 Å². The second-order valence-electron chi connectivity index (χ2n) is 2.49. The Balaban J connectivity index is 2.74. The molecule has 0 amide bonds. The van der Waals surface area contributed by atoms with Crippen LogP contribution in [0, 0.1) is 0 Å². The first-order chi connectivity index (χ1) is 6.27. The molecule has 0 fully saturated rings. The lowest BCUT2D eigenvalue weighted by Crippen LogP contribution is -2.07. The van der Waals surface area contributed by atoms with Crippen LogP contribution >= 0.6 is 0 Å². The summed E-state index contributed by atoms with van der Waals surface area (Å²) in [6.45, 7) is 5.51. The summed E-state index contributed by atoms with van der Waals surface area (Å²) in [7, 11) is 1.57. The van der Waals surface area contributed by atoms with Gasteiger partial charge in [-0.05, 0) is 19.1 Å². The molecule has 70 valence electrons. The Morgan fingerprint density at radius 2 is 2.54 bits per heavy atom. The third kappa shape index (κ3) is 2.43. The molecule has 1 unspecified atom stereocenters. The van der Waals surface area contributed by atoms with Crippen molar-refractivity contribution in [3.8, 4) is 0 Å². The van der Waals surface area contributed by atoms with Gasteiger partial charge in [0.05, 0.1) is 7.11 Å². The molecule has 0 aromatic carbocycles. The van der Waals surface area contributed by atoms with Crippen molar-refractivity contribution in [2.45, 2.75) is 13.1 Å². The lowest BCUT2D eigenvalue weighted by Gasteiger charge is -2.07. The van der Waals surface area contributed by atoms with Crippen LogP contribution in [-0.2, 0) is 4.74 Å². The smallest absolute Gasteiger partial charge is 0.209 e. The van der Waals surface area contributed by atoms with Gasteiger partial charge in [-0.25, -0.2) is 9.67 Å². The van der Waals surface area contributed by atoms with Crippen molar-refractivity contribution in [3.05, 3.63) is 31.1 Å². The molecule has 4 nitrogen and oxygen atoms in total. The summed E-state index contributed by atoms with van der Waals surface area (Å²) in [4.78, 5) is 4.23. The molecular weight excluding hydrogens is 166 g/mol. The van der Waals surface area contributed by atoms with Crippen LogP contribution in [0.5, 0.6) is 0 Å². The zero-order valence-electron chi connectivity index (χ0n) is 7.84. The van der Waals surface area contributed by atoms with Crippen LogP contribution in [0.4, 0.5) is 0 Å². The molecule has 0 aliphatic rings. The van der Waals surface area contributed by atoms with Gasteiger partial charge in [0.2, 0.25) is 5.90 Å². The maximum absolute atomic E-state index is 4.96. The maximum Gasteiger partial charge on any atom is 0.209 e. The average Bonchev–Trinajstić information content (AvgIpc) is 2.66. The topological polar surface area (TPSA) is 39.4 Å². The number of aliphatic imine (C=N–C) groups is 1. The first-order valence-corrected chi connectivity index (χ1v) is 4.01. The minimum absolute atomic E-state index is 0.0667. The van der Waals surface area contributed by atoms with Crippen molar-refractivity contribution in [3.63, 3.8) is 0 Å². The van der Waals surface area contributed by atoms with E-state index >= 15 is 0 Å². The van der Waals surface area contributed by atoms with Crippen LogP contribution in [0.25, 0.3) is 0 Å². The minimum Gasteiger partial charge on any atom is -0.481 e. The van der Waals surface area contributed by atoms with Crippen molar-refractivity contribution in [2.75, 3.05) is 7.11 Å². The van der Waals surface area contributed by atoms with Gasteiger partial charge < -0.3 is 4.74 Å². The SMILES string of the molecule is C=C/C(=N\C(C)n1cccn1)OC. The summed E-state index contributed by atoms with van der Waals surface area (Å²) in [5.74, 6) is 0.517. The molecule has 1 atom stereocenters. The fourth-order valence-electron chi connectivity index (χ4n) is 0.934. The molecule has 0 spiro atoms. The summed E-state index contributed by atoms with van der Waals surface area (Å²) >= 11 is 0. The van der Waals surface area contributed by atoms with Crippen LogP contribution in [0.15, 0.2) is 36.1 Å².